The molecule has 1 saturated carbocycles. The van der Waals surface area contributed by atoms with Crippen molar-refractivity contribution >= 4 is 15.9 Å². The summed E-state index contributed by atoms with van der Waals surface area (Å²) in [6.07, 6.45) is 2.88. The molecule has 2 atom stereocenters. The maximum absolute atomic E-state index is 12.6. The summed E-state index contributed by atoms with van der Waals surface area (Å²) >= 11 is 0. The quantitative estimate of drug-likeness (QED) is 0.863. The van der Waals surface area contributed by atoms with Crippen LogP contribution in [0.1, 0.15) is 36.0 Å². The van der Waals surface area contributed by atoms with Crippen molar-refractivity contribution < 1.29 is 18.3 Å². The van der Waals surface area contributed by atoms with E-state index >= 15 is 0 Å². The third-order valence-electron chi connectivity index (χ3n) is 4.17. The van der Waals surface area contributed by atoms with E-state index in [1.807, 2.05) is 0 Å². The predicted octanol–water partition coefficient (Wildman–Crippen LogP) is 0.970. The Morgan fingerprint density at radius 1 is 1.32 bits per heavy atom. The Balaban J connectivity index is 2.24. The van der Waals surface area contributed by atoms with Crippen molar-refractivity contribution in [2.24, 2.45) is 0 Å². The molecule has 0 unspecified atom stereocenters. The number of likely N-dealkylation sites (N-methyl/N-ethyl adjacent to an activating group) is 1. The van der Waals surface area contributed by atoms with E-state index in [1.165, 1.54) is 24.1 Å². The van der Waals surface area contributed by atoms with Gasteiger partial charge in [-0.3, -0.25) is 4.79 Å². The largest absolute Gasteiger partial charge is 0.391 e. The van der Waals surface area contributed by atoms with Crippen LogP contribution in [0.4, 0.5) is 0 Å². The Morgan fingerprint density at radius 3 is 2.64 bits per heavy atom. The number of amides is 1. The van der Waals surface area contributed by atoms with Crippen molar-refractivity contribution in [1.82, 2.24) is 9.62 Å². The first kappa shape index (κ1) is 16.9. The summed E-state index contributed by atoms with van der Waals surface area (Å²) in [5.41, 5.74) is 0.302. The molecule has 2 rings (SSSR count). The number of benzene rings is 1. The fraction of sp³-hybridized carbons (Fsp3) is 0.533. The molecule has 1 amide bonds. The van der Waals surface area contributed by atoms with Crippen molar-refractivity contribution in [1.29, 1.82) is 0 Å². The standard InChI is InChI=1S/C15H22N2O4S/c1-16-22(20,21)12-7-5-6-11(10-12)15(19)17(2)13-8-3-4-9-14(13)18/h5-7,10,13-14,16,18H,3-4,8-9H2,1-2H3/t13-,14-/m1/s1. The number of aliphatic hydroxyl groups excluding tert-OH is 1. The molecule has 0 heterocycles. The third kappa shape index (κ3) is 3.48. The molecular weight excluding hydrogens is 304 g/mol. The summed E-state index contributed by atoms with van der Waals surface area (Å²) in [5, 5.41) is 10.1. The van der Waals surface area contributed by atoms with Crippen molar-refractivity contribution in [2.45, 2.75) is 42.7 Å². The number of hydrogen-bond acceptors (Lipinski definition) is 4. The van der Waals surface area contributed by atoms with E-state index in [9.17, 15) is 18.3 Å². The molecule has 0 spiro atoms. The number of nitrogens with one attached hydrogen (secondary N) is 1. The minimum Gasteiger partial charge on any atom is -0.391 e. The minimum atomic E-state index is -3.59. The summed E-state index contributed by atoms with van der Waals surface area (Å²) in [4.78, 5) is 14.1. The molecule has 0 radical (unpaired) electrons. The molecule has 7 heteroatoms. The van der Waals surface area contributed by atoms with Gasteiger partial charge in [0.05, 0.1) is 17.0 Å². The van der Waals surface area contributed by atoms with Gasteiger partial charge in [-0.15, -0.1) is 0 Å². The van der Waals surface area contributed by atoms with Crippen LogP contribution in [0.3, 0.4) is 0 Å². The Bertz CT molecular complexity index is 645. The van der Waals surface area contributed by atoms with Crippen molar-refractivity contribution in [3.63, 3.8) is 0 Å². The van der Waals surface area contributed by atoms with Crippen molar-refractivity contribution in [2.75, 3.05) is 14.1 Å². The molecule has 6 nitrogen and oxygen atoms in total. The lowest BCUT2D eigenvalue weighted by molar-refractivity contribution is 0.0268. The van der Waals surface area contributed by atoms with Crippen LogP contribution in [0, 0.1) is 0 Å². The number of hydrogen-bond donors (Lipinski definition) is 2. The molecule has 2 N–H and O–H groups in total. The van der Waals surface area contributed by atoms with Crippen LogP contribution in [0.25, 0.3) is 0 Å². The Hall–Kier alpha value is -1.44. The third-order valence-corrected chi connectivity index (χ3v) is 5.58. The molecule has 1 aromatic carbocycles. The van der Waals surface area contributed by atoms with Gasteiger partial charge in [0.2, 0.25) is 10.0 Å². The molecule has 0 aliphatic heterocycles. The fourth-order valence-corrected chi connectivity index (χ4v) is 3.59. The van der Waals surface area contributed by atoms with Crippen molar-refractivity contribution in [3.8, 4) is 0 Å². The van der Waals surface area contributed by atoms with Gasteiger partial charge < -0.3 is 10.0 Å². The van der Waals surface area contributed by atoms with E-state index < -0.39 is 16.1 Å². The lowest BCUT2D eigenvalue weighted by atomic mass is 9.91. The predicted molar refractivity (Wildman–Crippen MR) is 83.0 cm³/mol. The topological polar surface area (TPSA) is 86.7 Å². The van der Waals surface area contributed by atoms with Gasteiger partial charge >= 0.3 is 0 Å². The highest BCUT2D eigenvalue weighted by Gasteiger charge is 2.30. The van der Waals surface area contributed by atoms with Crippen LogP contribution >= 0.6 is 0 Å². The molecule has 1 aliphatic carbocycles. The number of nitrogens with zero attached hydrogens (tertiary/aromatic N) is 1. The number of aliphatic hydroxyl groups is 1. The highest BCUT2D eigenvalue weighted by Crippen LogP contribution is 2.24. The van der Waals surface area contributed by atoms with Gasteiger partial charge in [-0.25, -0.2) is 13.1 Å². The van der Waals surface area contributed by atoms with E-state index in [4.69, 9.17) is 0 Å². The lowest BCUT2D eigenvalue weighted by Gasteiger charge is -2.35. The van der Waals surface area contributed by atoms with Crippen LogP contribution in [-0.4, -0.2) is 50.6 Å². The van der Waals surface area contributed by atoms with Gasteiger partial charge in [0.15, 0.2) is 0 Å². The van der Waals surface area contributed by atoms with Gasteiger partial charge in [-0.2, -0.15) is 0 Å². The number of carbonyl (C=O) groups excluding carboxylic acids is 1. The van der Waals surface area contributed by atoms with Gasteiger partial charge in [0.1, 0.15) is 0 Å². The second-order valence-corrected chi connectivity index (χ2v) is 7.46. The van der Waals surface area contributed by atoms with Gasteiger partial charge in [0, 0.05) is 12.6 Å². The average Bonchev–Trinajstić information content (AvgIpc) is 2.54. The van der Waals surface area contributed by atoms with E-state index in [1.54, 1.807) is 19.2 Å². The fourth-order valence-electron chi connectivity index (χ4n) is 2.81. The van der Waals surface area contributed by atoms with E-state index in [-0.39, 0.29) is 16.8 Å². The smallest absolute Gasteiger partial charge is 0.253 e. The van der Waals surface area contributed by atoms with Crippen LogP contribution < -0.4 is 4.72 Å². The zero-order valence-corrected chi connectivity index (χ0v) is 13.6. The summed E-state index contributed by atoms with van der Waals surface area (Å²) in [7, 11) is -0.604. The normalized spacial score (nSPS) is 22.3. The summed E-state index contributed by atoms with van der Waals surface area (Å²) < 4.78 is 25.9. The molecule has 1 aliphatic rings. The van der Waals surface area contributed by atoms with E-state index in [0.29, 0.717) is 12.0 Å². The Kier molecular flexibility index (Phi) is 5.20. The van der Waals surface area contributed by atoms with Crippen LogP contribution in [0.2, 0.25) is 0 Å². The first-order valence-corrected chi connectivity index (χ1v) is 8.84. The Morgan fingerprint density at radius 2 is 2.00 bits per heavy atom. The van der Waals surface area contributed by atoms with Gasteiger partial charge in [-0.05, 0) is 38.1 Å². The summed E-state index contributed by atoms with van der Waals surface area (Å²) in [6.45, 7) is 0. The molecule has 0 bridgehead atoms. The second-order valence-electron chi connectivity index (χ2n) is 5.57. The number of rotatable bonds is 4. The highest BCUT2D eigenvalue weighted by molar-refractivity contribution is 7.89. The maximum Gasteiger partial charge on any atom is 0.253 e. The van der Waals surface area contributed by atoms with Gasteiger partial charge in [-0.1, -0.05) is 18.9 Å². The van der Waals surface area contributed by atoms with E-state index in [2.05, 4.69) is 4.72 Å². The zero-order valence-electron chi connectivity index (χ0n) is 12.8. The van der Waals surface area contributed by atoms with Crippen LogP contribution in [0.5, 0.6) is 0 Å². The molecule has 1 aromatic rings. The van der Waals surface area contributed by atoms with E-state index in [0.717, 1.165) is 19.3 Å². The molecule has 1 fully saturated rings. The SMILES string of the molecule is CNS(=O)(=O)c1cccc(C(=O)N(C)[C@@H]2CCCC[C@H]2O)c1. The summed E-state index contributed by atoms with van der Waals surface area (Å²) in [6, 6.07) is 5.72. The number of carbonyl (C=O) groups is 1. The molecular formula is C15H22N2O4S. The minimum absolute atomic E-state index is 0.0541. The van der Waals surface area contributed by atoms with Crippen LogP contribution in [0.15, 0.2) is 29.2 Å². The lowest BCUT2D eigenvalue weighted by Crippen LogP contribution is -2.46. The number of sulfonamides is 1. The van der Waals surface area contributed by atoms with Crippen LogP contribution in [-0.2, 0) is 10.0 Å². The van der Waals surface area contributed by atoms with Crippen molar-refractivity contribution in [3.05, 3.63) is 29.8 Å². The first-order chi connectivity index (χ1) is 10.4. The molecule has 22 heavy (non-hydrogen) atoms. The summed E-state index contributed by atoms with van der Waals surface area (Å²) in [5.74, 6) is -0.279. The average molecular weight is 326 g/mol. The second kappa shape index (κ2) is 6.76. The molecule has 122 valence electrons. The first-order valence-electron chi connectivity index (χ1n) is 7.35. The Labute approximate surface area is 131 Å². The maximum atomic E-state index is 12.6. The molecule has 0 aromatic heterocycles. The highest BCUT2D eigenvalue weighted by atomic mass is 32.2. The molecule has 0 saturated heterocycles. The van der Waals surface area contributed by atoms with Gasteiger partial charge in [0.25, 0.3) is 5.91 Å². The monoisotopic (exact) mass is 326 g/mol. The zero-order chi connectivity index (χ0) is 16.3.